The van der Waals surface area contributed by atoms with E-state index in [0.717, 1.165) is 32.5 Å². The Kier molecular flexibility index (Phi) is 5.80. The molecule has 0 saturated carbocycles. The Morgan fingerprint density at radius 2 is 1.56 bits per heavy atom. The number of aromatic nitrogens is 1. The summed E-state index contributed by atoms with van der Waals surface area (Å²) in [5.74, 6) is -1.59. The molecule has 1 aliphatic heterocycles. The van der Waals surface area contributed by atoms with Gasteiger partial charge in [0.25, 0.3) is 5.78 Å². The number of carbonyl (C=O) groups is 2. The highest BCUT2D eigenvalue weighted by molar-refractivity contribution is 7.22. The van der Waals surface area contributed by atoms with E-state index >= 15 is 0 Å². The van der Waals surface area contributed by atoms with Crippen molar-refractivity contribution >= 4 is 44.1 Å². The maximum absolute atomic E-state index is 13.5. The van der Waals surface area contributed by atoms with Gasteiger partial charge in [-0.3, -0.25) is 14.5 Å². The molecule has 1 aliphatic rings. The minimum absolute atomic E-state index is 0.0485. The summed E-state index contributed by atoms with van der Waals surface area (Å²) in [5, 5.41) is 11.8. The van der Waals surface area contributed by atoms with Gasteiger partial charge in [0, 0.05) is 5.56 Å². The first-order chi connectivity index (χ1) is 17.0. The molecule has 5 rings (SSSR count). The normalized spacial score (nSPS) is 17.8. The van der Waals surface area contributed by atoms with Gasteiger partial charge in [-0.25, -0.2) is 4.98 Å². The van der Waals surface area contributed by atoms with E-state index in [0.29, 0.717) is 10.7 Å². The van der Waals surface area contributed by atoms with Gasteiger partial charge in [-0.05, 0) is 48.1 Å². The molecule has 1 N–H and O–H groups in total. The lowest BCUT2D eigenvalue weighted by molar-refractivity contribution is -0.132. The summed E-state index contributed by atoms with van der Waals surface area (Å²) in [5.41, 5.74) is 5.29. The Bertz CT molecular complexity index is 1520. The topological polar surface area (TPSA) is 70.5 Å². The maximum Gasteiger partial charge on any atom is 0.301 e. The van der Waals surface area contributed by atoms with Crippen LogP contribution in [0.3, 0.4) is 0 Å². The molecule has 1 unspecified atom stereocenters. The number of rotatable bonds is 3. The van der Waals surface area contributed by atoms with Crippen molar-refractivity contribution < 1.29 is 14.7 Å². The summed E-state index contributed by atoms with van der Waals surface area (Å²) < 4.78 is 0.937. The molecule has 6 heteroatoms. The van der Waals surface area contributed by atoms with Crippen LogP contribution in [0.15, 0.2) is 72.3 Å². The molecule has 1 atom stereocenters. The van der Waals surface area contributed by atoms with Crippen LogP contribution in [-0.2, 0) is 15.0 Å². The summed E-state index contributed by atoms with van der Waals surface area (Å²) in [6.45, 7) is 10.4. The molecule has 1 saturated heterocycles. The lowest BCUT2D eigenvalue weighted by Gasteiger charge is -2.24. The average Bonchev–Trinajstić information content (AvgIpc) is 3.36. The first-order valence-electron chi connectivity index (χ1n) is 11.9. The quantitative estimate of drug-likeness (QED) is 0.192. The van der Waals surface area contributed by atoms with Gasteiger partial charge in [-0.15, -0.1) is 0 Å². The summed E-state index contributed by atoms with van der Waals surface area (Å²) in [4.78, 5) is 33.0. The van der Waals surface area contributed by atoms with Crippen LogP contribution in [0, 0.1) is 13.8 Å². The van der Waals surface area contributed by atoms with Crippen molar-refractivity contribution in [3.63, 3.8) is 0 Å². The number of fused-ring (bicyclic) bond motifs is 1. The molecule has 0 bridgehead atoms. The second-order valence-corrected chi connectivity index (χ2v) is 11.4. The van der Waals surface area contributed by atoms with E-state index in [9.17, 15) is 14.7 Å². The third-order valence-electron chi connectivity index (χ3n) is 6.60. The van der Waals surface area contributed by atoms with E-state index in [1.165, 1.54) is 16.2 Å². The van der Waals surface area contributed by atoms with Crippen LogP contribution >= 0.6 is 11.3 Å². The molecule has 0 spiro atoms. The first-order valence-corrected chi connectivity index (χ1v) is 12.7. The minimum atomic E-state index is -0.790. The monoisotopic (exact) mass is 496 g/mol. The van der Waals surface area contributed by atoms with Crippen LogP contribution < -0.4 is 4.90 Å². The minimum Gasteiger partial charge on any atom is -0.507 e. The van der Waals surface area contributed by atoms with Crippen molar-refractivity contribution in [2.75, 3.05) is 4.90 Å². The van der Waals surface area contributed by atoms with Crippen molar-refractivity contribution in [3.8, 4) is 0 Å². The third kappa shape index (κ3) is 4.11. The predicted molar refractivity (Wildman–Crippen MR) is 145 cm³/mol. The Balaban J connectivity index is 1.71. The number of carbonyl (C=O) groups excluding carboxylic acids is 2. The van der Waals surface area contributed by atoms with E-state index in [1.54, 1.807) is 12.1 Å². The van der Waals surface area contributed by atoms with Gasteiger partial charge in [0.15, 0.2) is 5.13 Å². The van der Waals surface area contributed by atoms with Crippen molar-refractivity contribution in [3.05, 3.63) is 100 Å². The van der Waals surface area contributed by atoms with Gasteiger partial charge in [0.1, 0.15) is 5.76 Å². The molecule has 0 radical (unpaired) electrons. The molecule has 2 heterocycles. The molecule has 36 heavy (non-hydrogen) atoms. The number of thiazole rings is 1. The van der Waals surface area contributed by atoms with E-state index in [1.807, 2.05) is 68.4 Å². The zero-order valence-electron chi connectivity index (χ0n) is 21.0. The van der Waals surface area contributed by atoms with Crippen LogP contribution in [-0.4, -0.2) is 21.8 Å². The molecule has 1 aromatic heterocycles. The maximum atomic E-state index is 13.5. The summed E-state index contributed by atoms with van der Waals surface area (Å²) in [6.07, 6.45) is 0. The van der Waals surface area contributed by atoms with E-state index in [2.05, 4.69) is 20.8 Å². The number of benzene rings is 3. The summed E-state index contributed by atoms with van der Waals surface area (Å²) in [6, 6.07) is 20.3. The van der Waals surface area contributed by atoms with Gasteiger partial charge in [0.2, 0.25) is 0 Å². The fourth-order valence-corrected chi connectivity index (χ4v) is 5.59. The van der Waals surface area contributed by atoms with Gasteiger partial charge in [-0.2, -0.15) is 0 Å². The number of aliphatic hydroxyl groups excluding tert-OH is 1. The van der Waals surface area contributed by atoms with Crippen molar-refractivity contribution in [1.29, 1.82) is 0 Å². The number of Topliss-reactive ketones (excluding diaryl/α,β-unsaturated/α-hetero) is 1. The number of hydrogen-bond acceptors (Lipinski definition) is 5. The van der Waals surface area contributed by atoms with E-state index in [4.69, 9.17) is 4.98 Å². The summed E-state index contributed by atoms with van der Waals surface area (Å²) in [7, 11) is 0. The molecular weight excluding hydrogens is 468 g/mol. The van der Waals surface area contributed by atoms with Crippen LogP contribution in [0.25, 0.3) is 16.0 Å². The molecule has 1 fully saturated rings. The average molecular weight is 497 g/mol. The molecule has 3 aromatic carbocycles. The smallest absolute Gasteiger partial charge is 0.301 e. The molecule has 4 aromatic rings. The number of nitrogens with zero attached hydrogens (tertiary/aromatic N) is 2. The Morgan fingerprint density at radius 3 is 2.19 bits per heavy atom. The standard InChI is InChI=1S/C30H28N2O3S/c1-17-6-9-20(10-7-17)26(33)24-25(19-11-13-21(14-12-19)30(3,4)5)32(28(35)27(24)34)29-31-22-15-8-18(2)16-23(22)36-29/h6-16,25,33H,1-5H3. The second kappa shape index (κ2) is 8.71. The SMILES string of the molecule is Cc1ccc(C(O)=C2C(=O)C(=O)N(c3nc4ccc(C)cc4s3)C2c2ccc(C(C)(C)C)cc2)cc1. The van der Waals surface area contributed by atoms with Gasteiger partial charge in [-0.1, -0.05) is 92.3 Å². The highest BCUT2D eigenvalue weighted by Crippen LogP contribution is 2.44. The zero-order valence-corrected chi connectivity index (χ0v) is 21.8. The van der Waals surface area contributed by atoms with E-state index < -0.39 is 17.7 Å². The number of aryl methyl sites for hydroxylation is 2. The van der Waals surface area contributed by atoms with Crippen molar-refractivity contribution in [2.45, 2.75) is 46.1 Å². The Labute approximate surface area is 214 Å². The molecule has 5 nitrogen and oxygen atoms in total. The van der Waals surface area contributed by atoms with E-state index in [-0.39, 0.29) is 16.7 Å². The Hall–Kier alpha value is -3.77. The lowest BCUT2D eigenvalue weighted by atomic mass is 9.85. The largest absolute Gasteiger partial charge is 0.507 e. The van der Waals surface area contributed by atoms with Crippen LogP contribution in [0.4, 0.5) is 5.13 Å². The number of anilines is 1. The molecule has 0 aliphatic carbocycles. The molecule has 1 amide bonds. The fraction of sp³-hybridized carbons (Fsp3) is 0.233. The third-order valence-corrected chi connectivity index (χ3v) is 7.62. The number of ketones is 1. The van der Waals surface area contributed by atoms with Gasteiger partial charge in [0.05, 0.1) is 21.8 Å². The number of hydrogen-bond donors (Lipinski definition) is 1. The van der Waals surface area contributed by atoms with Gasteiger partial charge < -0.3 is 5.11 Å². The predicted octanol–water partition coefficient (Wildman–Crippen LogP) is 6.84. The number of amides is 1. The zero-order chi connectivity index (χ0) is 25.8. The summed E-state index contributed by atoms with van der Waals surface area (Å²) >= 11 is 1.37. The highest BCUT2D eigenvalue weighted by atomic mass is 32.1. The van der Waals surface area contributed by atoms with Crippen LogP contribution in [0.5, 0.6) is 0 Å². The second-order valence-electron chi connectivity index (χ2n) is 10.4. The molecule has 182 valence electrons. The molecular formula is C30H28N2O3S. The highest BCUT2D eigenvalue weighted by Gasteiger charge is 2.48. The lowest BCUT2D eigenvalue weighted by Crippen LogP contribution is -2.29. The van der Waals surface area contributed by atoms with Crippen LogP contribution in [0.2, 0.25) is 0 Å². The Morgan fingerprint density at radius 1 is 0.917 bits per heavy atom. The fourth-order valence-electron chi connectivity index (χ4n) is 4.50. The number of aliphatic hydroxyl groups is 1. The van der Waals surface area contributed by atoms with Gasteiger partial charge >= 0.3 is 5.91 Å². The van der Waals surface area contributed by atoms with Crippen LogP contribution in [0.1, 0.15) is 54.6 Å². The van der Waals surface area contributed by atoms with Crippen molar-refractivity contribution in [1.82, 2.24) is 4.98 Å². The van der Waals surface area contributed by atoms with Crippen molar-refractivity contribution in [2.24, 2.45) is 0 Å². The first kappa shape index (κ1) is 23.9.